The number of likely N-dealkylation sites (tertiary alicyclic amines) is 1. The summed E-state index contributed by atoms with van der Waals surface area (Å²) in [5.41, 5.74) is 1.30. The van der Waals surface area contributed by atoms with Crippen LogP contribution >= 0.6 is 0 Å². The number of hydrogen-bond donors (Lipinski definition) is 1. The fourth-order valence-corrected chi connectivity index (χ4v) is 2.57. The van der Waals surface area contributed by atoms with E-state index in [9.17, 15) is 9.59 Å². The molecule has 0 radical (unpaired) electrons. The Hall–Kier alpha value is -2.63. The van der Waals surface area contributed by atoms with Crippen molar-refractivity contribution in [1.82, 2.24) is 9.88 Å². The van der Waals surface area contributed by atoms with E-state index in [0.29, 0.717) is 24.3 Å². The second kappa shape index (κ2) is 5.40. The maximum absolute atomic E-state index is 12.4. The minimum absolute atomic E-state index is 0.246. The summed E-state index contributed by atoms with van der Waals surface area (Å²) >= 11 is 0. The van der Waals surface area contributed by atoms with Crippen LogP contribution in [-0.2, 0) is 4.79 Å². The second-order valence-corrected chi connectivity index (χ2v) is 4.94. The van der Waals surface area contributed by atoms with Gasteiger partial charge in [-0.05, 0) is 25.0 Å². The van der Waals surface area contributed by atoms with Crippen molar-refractivity contribution in [3.8, 4) is 11.3 Å². The number of aliphatic carboxylic acids is 1. The number of hydrogen-bond acceptors (Lipinski definition) is 4. The van der Waals surface area contributed by atoms with Gasteiger partial charge >= 0.3 is 5.97 Å². The van der Waals surface area contributed by atoms with Crippen LogP contribution in [0.2, 0.25) is 0 Å². The third-order valence-electron chi connectivity index (χ3n) is 3.65. The Kier molecular flexibility index (Phi) is 3.43. The quantitative estimate of drug-likeness (QED) is 0.933. The third kappa shape index (κ3) is 2.52. The average Bonchev–Trinajstić information content (AvgIpc) is 3.18. The Labute approximate surface area is 121 Å². The summed E-state index contributed by atoms with van der Waals surface area (Å²) in [6, 6.07) is 6.17. The summed E-state index contributed by atoms with van der Waals surface area (Å²) in [5, 5.41) is 9.14. The van der Waals surface area contributed by atoms with Crippen LogP contribution < -0.4 is 0 Å². The highest BCUT2D eigenvalue weighted by Crippen LogP contribution is 2.23. The molecule has 1 saturated heterocycles. The van der Waals surface area contributed by atoms with E-state index in [1.807, 2.05) is 0 Å². The van der Waals surface area contributed by atoms with Crippen molar-refractivity contribution in [2.24, 2.45) is 0 Å². The molecular weight excluding hydrogens is 272 g/mol. The standard InChI is InChI=1S/C15H14N2O4/c18-14(17-7-1-2-12(17)15(19)20)11-5-3-10(4-6-11)13-8-16-9-21-13/h3-6,8-9,12H,1-2,7H2,(H,19,20)/t12-/m1/s1. The lowest BCUT2D eigenvalue weighted by atomic mass is 10.1. The summed E-state index contributed by atoms with van der Waals surface area (Å²) < 4.78 is 5.18. The molecule has 0 saturated carbocycles. The smallest absolute Gasteiger partial charge is 0.326 e. The lowest BCUT2D eigenvalue weighted by Gasteiger charge is -2.21. The molecular formula is C15H14N2O4. The number of carbonyl (C=O) groups excluding carboxylic acids is 1. The molecule has 3 rings (SSSR count). The number of amides is 1. The van der Waals surface area contributed by atoms with Gasteiger partial charge in [0, 0.05) is 17.7 Å². The van der Waals surface area contributed by atoms with Crippen LogP contribution in [0.4, 0.5) is 0 Å². The molecule has 21 heavy (non-hydrogen) atoms. The molecule has 0 unspecified atom stereocenters. The summed E-state index contributed by atoms with van der Waals surface area (Å²) in [6.07, 6.45) is 4.17. The zero-order valence-corrected chi connectivity index (χ0v) is 11.2. The number of benzene rings is 1. The second-order valence-electron chi connectivity index (χ2n) is 4.94. The fraction of sp³-hybridized carbons (Fsp3) is 0.267. The minimum atomic E-state index is -0.945. The molecule has 1 aromatic heterocycles. The first-order chi connectivity index (χ1) is 10.2. The van der Waals surface area contributed by atoms with E-state index >= 15 is 0 Å². The number of carboxylic acids is 1. The van der Waals surface area contributed by atoms with Gasteiger partial charge in [-0.1, -0.05) is 12.1 Å². The van der Waals surface area contributed by atoms with E-state index in [1.165, 1.54) is 11.3 Å². The van der Waals surface area contributed by atoms with Gasteiger partial charge in [0.25, 0.3) is 5.91 Å². The van der Waals surface area contributed by atoms with E-state index in [-0.39, 0.29) is 5.91 Å². The van der Waals surface area contributed by atoms with Crippen molar-refractivity contribution in [2.75, 3.05) is 6.54 Å². The number of carboxylic acid groups (broad SMARTS) is 1. The van der Waals surface area contributed by atoms with Gasteiger partial charge in [-0.25, -0.2) is 9.78 Å². The molecule has 1 aromatic carbocycles. The van der Waals surface area contributed by atoms with Crippen molar-refractivity contribution >= 4 is 11.9 Å². The zero-order valence-electron chi connectivity index (χ0n) is 11.2. The minimum Gasteiger partial charge on any atom is -0.480 e. The SMILES string of the molecule is O=C(O)[C@H]1CCCN1C(=O)c1ccc(-c2cnco2)cc1. The van der Waals surface area contributed by atoms with Crippen molar-refractivity contribution in [2.45, 2.75) is 18.9 Å². The molecule has 1 atom stereocenters. The molecule has 6 nitrogen and oxygen atoms in total. The van der Waals surface area contributed by atoms with E-state index < -0.39 is 12.0 Å². The number of aromatic nitrogens is 1. The molecule has 0 aliphatic carbocycles. The van der Waals surface area contributed by atoms with Gasteiger partial charge in [0.15, 0.2) is 12.2 Å². The zero-order chi connectivity index (χ0) is 14.8. The maximum Gasteiger partial charge on any atom is 0.326 e. The van der Waals surface area contributed by atoms with Crippen LogP contribution in [0.3, 0.4) is 0 Å². The molecule has 1 fully saturated rings. The van der Waals surface area contributed by atoms with Crippen molar-refractivity contribution in [1.29, 1.82) is 0 Å². The summed E-state index contributed by atoms with van der Waals surface area (Å²) in [5.74, 6) is -0.568. The van der Waals surface area contributed by atoms with Gasteiger partial charge in [0.2, 0.25) is 0 Å². The van der Waals surface area contributed by atoms with E-state index in [4.69, 9.17) is 9.52 Å². The first kappa shape index (κ1) is 13.4. The van der Waals surface area contributed by atoms with Crippen molar-refractivity contribution in [3.63, 3.8) is 0 Å². The molecule has 2 heterocycles. The first-order valence-corrected chi connectivity index (χ1v) is 6.69. The highest BCUT2D eigenvalue weighted by Gasteiger charge is 2.34. The monoisotopic (exact) mass is 286 g/mol. The van der Waals surface area contributed by atoms with Gasteiger partial charge in [0.05, 0.1) is 6.20 Å². The molecule has 2 aromatic rings. The normalized spacial score (nSPS) is 17.9. The number of oxazole rings is 1. The van der Waals surface area contributed by atoms with E-state index in [0.717, 1.165) is 12.0 Å². The Morgan fingerprint density at radius 1 is 1.29 bits per heavy atom. The van der Waals surface area contributed by atoms with E-state index in [2.05, 4.69) is 4.98 Å². The van der Waals surface area contributed by atoms with Crippen LogP contribution in [0, 0.1) is 0 Å². The van der Waals surface area contributed by atoms with Crippen LogP contribution in [0.1, 0.15) is 23.2 Å². The van der Waals surface area contributed by atoms with Gasteiger partial charge in [-0.15, -0.1) is 0 Å². The number of rotatable bonds is 3. The van der Waals surface area contributed by atoms with E-state index in [1.54, 1.807) is 30.5 Å². The largest absolute Gasteiger partial charge is 0.480 e. The number of carbonyl (C=O) groups is 2. The summed E-state index contributed by atoms with van der Waals surface area (Å²) in [6.45, 7) is 0.486. The molecule has 0 bridgehead atoms. The molecule has 1 aliphatic rings. The Morgan fingerprint density at radius 2 is 2.05 bits per heavy atom. The van der Waals surface area contributed by atoms with Crippen LogP contribution in [0.25, 0.3) is 11.3 Å². The van der Waals surface area contributed by atoms with Crippen molar-refractivity contribution < 1.29 is 19.1 Å². The van der Waals surface area contributed by atoms with Crippen molar-refractivity contribution in [3.05, 3.63) is 42.4 Å². The third-order valence-corrected chi connectivity index (χ3v) is 3.65. The maximum atomic E-state index is 12.4. The number of nitrogens with zero attached hydrogens (tertiary/aromatic N) is 2. The molecule has 108 valence electrons. The highest BCUT2D eigenvalue weighted by molar-refractivity contribution is 5.97. The van der Waals surface area contributed by atoms with Crippen LogP contribution in [0.15, 0.2) is 41.3 Å². The van der Waals surface area contributed by atoms with Gasteiger partial charge in [-0.3, -0.25) is 4.79 Å². The Morgan fingerprint density at radius 3 is 2.67 bits per heavy atom. The lowest BCUT2D eigenvalue weighted by molar-refractivity contribution is -0.141. The van der Waals surface area contributed by atoms with Crippen LogP contribution in [-0.4, -0.2) is 39.5 Å². The molecule has 1 N–H and O–H groups in total. The average molecular weight is 286 g/mol. The van der Waals surface area contributed by atoms with Gasteiger partial charge in [0.1, 0.15) is 6.04 Å². The van der Waals surface area contributed by atoms with Crippen LogP contribution in [0.5, 0.6) is 0 Å². The molecule has 6 heteroatoms. The predicted molar refractivity (Wildman–Crippen MR) is 73.6 cm³/mol. The predicted octanol–water partition coefficient (Wildman–Crippen LogP) is 2.03. The lowest BCUT2D eigenvalue weighted by Crippen LogP contribution is -2.40. The van der Waals surface area contributed by atoms with Gasteiger partial charge in [-0.2, -0.15) is 0 Å². The Bertz CT molecular complexity index is 649. The summed E-state index contributed by atoms with van der Waals surface area (Å²) in [4.78, 5) is 28.8. The Balaban J connectivity index is 1.80. The summed E-state index contributed by atoms with van der Waals surface area (Å²) in [7, 11) is 0. The first-order valence-electron chi connectivity index (χ1n) is 6.69. The molecule has 1 amide bonds. The fourth-order valence-electron chi connectivity index (χ4n) is 2.57. The topological polar surface area (TPSA) is 83.6 Å². The van der Waals surface area contributed by atoms with Gasteiger partial charge < -0.3 is 14.4 Å². The highest BCUT2D eigenvalue weighted by atomic mass is 16.4. The molecule has 1 aliphatic heterocycles. The molecule has 0 spiro atoms.